The van der Waals surface area contributed by atoms with Crippen molar-refractivity contribution in [2.75, 3.05) is 24.7 Å². The van der Waals surface area contributed by atoms with Crippen LogP contribution in [0.4, 0.5) is 19.1 Å². The molecular weight excluding hydrogens is 507 g/mol. The van der Waals surface area contributed by atoms with E-state index in [2.05, 4.69) is 20.3 Å². The maximum atomic E-state index is 13.7. The number of rotatable bonds is 5. The van der Waals surface area contributed by atoms with Crippen LogP contribution in [0.15, 0.2) is 36.9 Å². The molecule has 1 saturated heterocycles. The molecule has 184 valence electrons. The number of nitrogens with one attached hydrogen (secondary N) is 1. The molecule has 0 unspecified atom stereocenters. The third-order valence-corrected chi connectivity index (χ3v) is 7.15. The lowest BCUT2D eigenvalue weighted by Gasteiger charge is -2.30. The standard InChI is InChI=1S/C21H19ClF3N7O2S/c1-35(33,34)32-7-5-14(6-8-32)29-20-27-10-15(21(23,24)25)18(30-20)17-11-31(12-28-17)19-13(9-26)3-2-4-16(19)22/h2-4,10-12,14H,5-8H2,1H3,(H,27,29,30). The summed E-state index contributed by atoms with van der Waals surface area (Å²) in [5, 5.41) is 12.6. The molecule has 0 bridgehead atoms. The molecule has 2 aromatic heterocycles. The van der Waals surface area contributed by atoms with Crippen molar-refractivity contribution in [3.05, 3.63) is 53.1 Å². The third kappa shape index (κ3) is 5.39. The van der Waals surface area contributed by atoms with Gasteiger partial charge in [0.05, 0.1) is 22.5 Å². The number of hydrogen-bond donors (Lipinski definition) is 1. The predicted molar refractivity (Wildman–Crippen MR) is 122 cm³/mol. The Bertz CT molecular complexity index is 1390. The monoisotopic (exact) mass is 525 g/mol. The van der Waals surface area contributed by atoms with Gasteiger partial charge in [-0.2, -0.15) is 18.4 Å². The van der Waals surface area contributed by atoms with E-state index in [-0.39, 0.29) is 47.0 Å². The molecule has 0 spiro atoms. The second-order valence-electron chi connectivity index (χ2n) is 7.95. The highest BCUT2D eigenvalue weighted by Crippen LogP contribution is 2.36. The van der Waals surface area contributed by atoms with Crippen LogP contribution in [0.2, 0.25) is 5.02 Å². The van der Waals surface area contributed by atoms with Gasteiger partial charge in [-0.25, -0.2) is 27.7 Å². The summed E-state index contributed by atoms with van der Waals surface area (Å²) >= 11 is 6.22. The zero-order valence-corrected chi connectivity index (χ0v) is 19.9. The number of alkyl halides is 3. The Morgan fingerprint density at radius 2 is 1.94 bits per heavy atom. The van der Waals surface area contributed by atoms with E-state index in [0.29, 0.717) is 19.0 Å². The zero-order valence-electron chi connectivity index (χ0n) is 18.3. The van der Waals surface area contributed by atoms with Crippen LogP contribution in [0.3, 0.4) is 0 Å². The number of nitriles is 1. The van der Waals surface area contributed by atoms with Gasteiger partial charge in [-0.3, -0.25) is 0 Å². The first-order valence-corrected chi connectivity index (χ1v) is 12.6. The molecule has 14 heteroatoms. The number of hydrogen-bond acceptors (Lipinski definition) is 7. The first-order valence-electron chi connectivity index (χ1n) is 10.4. The zero-order chi connectivity index (χ0) is 25.4. The van der Waals surface area contributed by atoms with Crippen molar-refractivity contribution in [1.82, 2.24) is 23.8 Å². The van der Waals surface area contributed by atoms with Crippen molar-refractivity contribution in [3.63, 3.8) is 0 Å². The normalized spacial score (nSPS) is 15.7. The quantitative estimate of drug-likeness (QED) is 0.539. The summed E-state index contributed by atoms with van der Waals surface area (Å²) in [5.74, 6) is -0.0317. The predicted octanol–water partition coefficient (Wildman–Crippen LogP) is 3.71. The molecular formula is C21H19ClF3N7O2S. The molecule has 3 aromatic rings. The molecule has 0 saturated carbocycles. The van der Waals surface area contributed by atoms with Gasteiger partial charge in [-0.05, 0) is 25.0 Å². The number of anilines is 1. The number of imidazole rings is 1. The van der Waals surface area contributed by atoms with E-state index in [9.17, 15) is 26.9 Å². The number of para-hydroxylation sites is 1. The van der Waals surface area contributed by atoms with E-state index in [1.807, 2.05) is 6.07 Å². The summed E-state index contributed by atoms with van der Waals surface area (Å²) in [7, 11) is -3.31. The van der Waals surface area contributed by atoms with Crippen molar-refractivity contribution in [3.8, 4) is 23.1 Å². The van der Waals surface area contributed by atoms with Crippen molar-refractivity contribution in [1.29, 1.82) is 5.26 Å². The maximum absolute atomic E-state index is 13.7. The highest BCUT2D eigenvalue weighted by molar-refractivity contribution is 7.88. The van der Waals surface area contributed by atoms with Crippen LogP contribution in [0, 0.1) is 11.3 Å². The van der Waals surface area contributed by atoms with E-state index < -0.39 is 27.5 Å². The third-order valence-electron chi connectivity index (χ3n) is 5.54. The van der Waals surface area contributed by atoms with Crippen molar-refractivity contribution >= 4 is 27.6 Å². The number of nitrogens with zero attached hydrogens (tertiary/aromatic N) is 6. The van der Waals surface area contributed by atoms with Crippen LogP contribution in [-0.2, 0) is 16.2 Å². The van der Waals surface area contributed by atoms with Gasteiger partial charge >= 0.3 is 6.18 Å². The molecule has 9 nitrogen and oxygen atoms in total. The highest BCUT2D eigenvalue weighted by Gasteiger charge is 2.36. The second-order valence-corrected chi connectivity index (χ2v) is 10.3. The van der Waals surface area contributed by atoms with E-state index in [1.54, 1.807) is 12.1 Å². The fraction of sp³-hybridized carbons (Fsp3) is 0.333. The molecule has 0 radical (unpaired) electrons. The van der Waals surface area contributed by atoms with Crippen LogP contribution in [0.5, 0.6) is 0 Å². The van der Waals surface area contributed by atoms with Crippen LogP contribution in [0.25, 0.3) is 17.1 Å². The van der Waals surface area contributed by atoms with E-state index >= 15 is 0 Å². The van der Waals surface area contributed by atoms with E-state index in [1.165, 1.54) is 27.5 Å². The molecule has 0 amide bonds. The van der Waals surface area contributed by atoms with Gasteiger partial charge in [-0.15, -0.1) is 0 Å². The number of sulfonamides is 1. The van der Waals surface area contributed by atoms with Gasteiger partial charge in [0.15, 0.2) is 0 Å². The summed E-state index contributed by atoms with van der Waals surface area (Å²) in [6, 6.07) is 6.46. The van der Waals surface area contributed by atoms with Crippen LogP contribution >= 0.6 is 11.6 Å². The molecule has 1 aliphatic rings. The Morgan fingerprint density at radius 1 is 1.23 bits per heavy atom. The topological polar surface area (TPSA) is 117 Å². The summed E-state index contributed by atoms with van der Waals surface area (Å²) in [6.07, 6.45) is 0.552. The molecule has 0 atom stereocenters. The summed E-state index contributed by atoms with van der Waals surface area (Å²) in [6.45, 7) is 0.570. The fourth-order valence-electron chi connectivity index (χ4n) is 3.80. The first-order chi connectivity index (χ1) is 16.5. The first kappa shape index (κ1) is 24.9. The largest absolute Gasteiger partial charge is 0.420 e. The molecule has 3 heterocycles. The van der Waals surface area contributed by atoms with Gasteiger partial charge in [0.25, 0.3) is 0 Å². The van der Waals surface area contributed by atoms with Gasteiger partial charge in [0.1, 0.15) is 29.3 Å². The Balaban J connectivity index is 1.66. The van der Waals surface area contributed by atoms with Gasteiger partial charge in [0.2, 0.25) is 16.0 Å². The van der Waals surface area contributed by atoms with Gasteiger partial charge in [-0.1, -0.05) is 17.7 Å². The summed E-state index contributed by atoms with van der Waals surface area (Å²) in [5.41, 5.74) is -1.08. The van der Waals surface area contributed by atoms with Crippen molar-refractivity contribution < 1.29 is 21.6 Å². The minimum Gasteiger partial charge on any atom is -0.351 e. The SMILES string of the molecule is CS(=O)(=O)N1CCC(Nc2ncc(C(F)(F)F)c(-c3cn(-c4c(Cl)cccc4C#N)cn3)n2)CC1. The van der Waals surface area contributed by atoms with Crippen molar-refractivity contribution in [2.24, 2.45) is 0 Å². The molecule has 0 aliphatic carbocycles. The lowest BCUT2D eigenvalue weighted by atomic mass is 10.1. The summed E-state index contributed by atoms with van der Waals surface area (Å²) < 4.78 is 67.3. The molecule has 1 aromatic carbocycles. The smallest absolute Gasteiger partial charge is 0.351 e. The number of aromatic nitrogens is 4. The Kier molecular flexibility index (Phi) is 6.72. The Labute approximate surface area is 204 Å². The lowest BCUT2D eigenvalue weighted by molar-refractivity contribution is -0.137. The Hall–Kier alpha value is -3.21. The number of halogens is 4. The number of benzene rings is 1. The van der Waals surface area contributed by atoms with Gasteiger partial charge in [0, 0.05) is 31.5 Å². The fourth-order valence-corrected chi connectivity index (χ4v) is 4.95. The molecule has 1 aliphatic heterocycles. The molecule has 4 rings (SSSR count). The van der Waals surface area contributed by atoms with Crippen LogP contribution < -0.4 is 5.32 Å². The minimum atomic E-state index is -4.74. The minimum absolute atomic E-state index is 0.0317. The average molecular weight is 526 g/mol. The van der Waals surface area contributed by atoms with Crippen molar-refractivity contribution in [2.45, 2.75) is 25.1 Å². The van der Waals surface area contributed by atoms with Crippen LogP contribution in [-0.4, -0.2) is 57.6 Å². The lowest BCUT2D eigenvalue weighted by Crippen LogP contribution is -2.42. The molecule has 1 N–H and O–H groups in total. The molecule has 35 heavy (non-hydrogen) atoms. The maximum Gasteiger partial charge on any atom is 0.420 e. The van der Waals surface area contributed by atoms with E-state index in [4.69, 9.17) is 11.6 Å². The summed E-state index contributed by atoms with van der Waals surface area (Å²) in [4.78, 5) is 12.0. The average Bonchev–Trinajstić information content (AvgIpc) is 3.27. The number of piperidine rings is 1. The highest BCUT2D eigenvalue weighted by atomic mass is 35.5. The van der Waals surface area contributed by atoms with Gasteiger partial charge < -0.3 is 9.88 Å². The molecule has 1 fully saturated rings. The second kappa shape index (κ2) is 9.44. The van der Waals surface area contributed by atoms with Crippen LogP contribution in [0.1, 0.15) is 24.0 Å². The Morgan fingerprint density at radius 3 is 2.57 bits per heavy atom. The van der Waals surface area contributed by atoms with E-state index in [0.717, 1.165) is 6.26 Å².